The number of halogens is 1. The number of hydrogen-bond donors (Lipinski definition) is 3. The van der Waals surface area contributed by atoms with E-state index in [2.05, 4.69) is 25.8 Å². The number of imide groups is 1. The number of nitrogens with zero attached hydrogens (tertiary/aromatic N) is 2. The summed E-state index contributed by atoms with van der Waals surface area (Å²) < 4.78 is 0. The van der Waals surface area contributed by atoms with Gasteiger partial charge in [0.15, 0.2) is 0 Å². The quantitative estimate of drug-likeness (QED) is 0.630. The summed E-state index contributed by atoms with van der Waals surface area (Å²) in [4.78, 5) is 41.5. The van der Waals surface area contributed by atoms with Crippen LogP contribution >= 0.6 is 12.4 Å². The third kappa shape index (κ3) is 4.21. The van der Waals surface area contributed by atoms with Gasteiger partial charge < -0.3 is 15.5 Å². The molecule has 1 aromatic rings. The SMILES string of the molecule is Cl.O=C1CCC(NC(=O)c2cncc(N3CCNCC3)c2)C(=O)N1. The van der Waals surface area contributed by atoms with Crippen LogP contribution < -0.4 is 20.9 Å². The predicted molar refractivity (Wildman–Crippen MR) is 90.2 cm³/mol. The molecule has 2 aliphatic rings. The molecule has 2 fully saturated rings. The Hall–Kier alpha value is -2.19. The molecule has 8 nitrogen and oxygen atoms in total. The highest BCUT2D eigenvalue weighted by Gasteiger charge is 2.28. The number of nitrogens with one attached hydrogen (secondary N) is 3. The lowest BCUT2D eigenvalue weighted by Gasteiger charge is -2.29. The van der Waals surface area contributed by atoms with E-state index < -0.39 is 11.9 Å². The summed E-state index contributed by atoms with van der Waals surface area (Å²) in [7, 11) is 0. The van der Waals surface area contributed by atoms with E-state index in [4.69, 9.17) is 0 Å². The third-order valence-corrected chi connectivity index (χ3v) is 4.01. The zero-order valence-corrected chi connectivity index (χ0v) is 13.9. The first kappa shape index (κ1) is 18.2. The Balaban J connectivity index is 0.00000208. The number of piperazine rings is 1. The molecule has 1 atom stereocenters. The van der Waals surface area contributed by atoms with Crippen LogP contribution in [0.15, 0.2) is 18.5 Å². The molecule has 1 aromatic heterocycles. The van der Waals surface area contributed by atoms with Crippen molar-refractivity contribution in [2.24, 2.45) is 0 Å². The van der Waals surface area contributed by atoms with E-state index >= 15 is 0 Å². The minimum Gasteiger partial charge on any atom is -0.368 e. The fraction of sp³-hybridized carbons (Fsp3) is 0.467. The van der Waals surface area contributed by atoms with Crippen molar-refractivity contribution >= 4 is 35.8 Å². The minimum absolute atomic E-state index is 0. The van der Waals surface area contributed by atoms with Crippen LogP contribution in [0.4, 0.5) is 5.69 Å². The van der Waals surface area contributed by atoms with Crippen LogP contribution in [-0.2, 0) is 9.59 Å². The second kappa shape index (κ2) is 8.07. The molecule has 2 aliphatic heterocycles. The highest BCUT2D eigenvalue weighted by Crippen LogP contribution is 2.15. The number of carbonyl (C=O) groups excluding carboxylic acids is 3. The summed E-state index contributed by atoms with van der Waals surface area (Å²) in [6, 6.07) is 1.10. The first-order valence-electron chi connectivity index (χ1n) is 7.69. The predicted octanol–water partition coefficient (Wildman–Crippen LogP) is -0.552. The molecule has 0 radical (unpaired) electrons. The van der Waals surface area contributed by atoms with Crippen LogP contribution in [0.5, 0.6) is 0 Å². The first-order chi connectivity index (χ1) is 11.1. The van der Waals surface area contributed by atoms with Crippen molar-refractivity contribution in [3.8, 4) is 0 Å². The largest absolute Gasteiger partial charge is 0.368 e. The van der Waals surface area contributed by atoms with Crippen molar-refractivity contribution < 1.29 is 14.4 Å². The number of piperidine rings is 1. The van der Waals surface area contributed by atoms with Crippen LogP contribution in [0.2, 0.25) is 0 Å². The Morgan fingerprint density at radius 3 is 2.71 bits per heavy atom. The maximum Gasteiger partial charge on any atom is 0.253 e. The summed E-state index contributed by atoms with van der Waals surface area (Å²) in [5.41, 5.74) is 1.30. The van der Waals surface area contributed by atoms with E-state index in [-0.39, 0.29) is 30.6 Å². The average molecular weight is 354 g/mol. The lowest BCUT2D eigenvalue weighted by molar-refractivity contribution is -0.134. The normalized spacial score (nSPS) is 20.8. The van der Waals surface area contributed by atoms with Gasteiger partial charge in [-0.2, -0.15) is 0 Å². The van der Waals surface area contributed by atoms with Gasteiger partial charge in [-0.1, -0.05) is 0 Å². The molecular weight excluding hydrogens is 334 g/mol. The van der Waals surface area contributed by atoms with Gasteiger partial charge in [0.05, 0.1) is 17.4 Å². The molecule has 3 heterocycles. The van der Waals surface area contributed by atoms with Crippen molar-refractivity contribution in [2.75, 3.05) is 31.1 Å². The van der Waals surface area contributed by atoms with Crippen molar-refractivity contribution in [1.82, 2.24) is 20.9 Å². The number of carbonyl (C=O) groups is 3. The molecule has 0 aliphatic carbocycles. The lowest BCUT2D eigenvalue weighted by Crippen LogP contribution is -2.52. The van der Waals surface area contributed by atoms with Crippen LogP contribution in [0.1, 0.15) is 23.2 Å². The van der Waals surface area contributed by atoms with Gasteiger partial charge in [0, 0.05) is 38.8 Å². The van der Waals surface area contributed by atoms with Gasteiger partial charge >= 0.3 is 0 Å². The Kier molecular flexibility index (Phi) is 6.10. The topological polar surface area (TPSA) is 103 Å². The van der Waals surface area contributed by atoms with Crippen LogP contribution in [-0.4, -0.2) is 54.9 Å². The Labute approximate surface area is 145 Å². The summed E-state index contributed by atoms with van der Waals surface area (Å²) in [6.45, 7) is 3.51. The minimum atomic E-state index is -0.678. The molecule has 3 rings (SSSR count). The molecule has 24 heavy (non-hydrogen) atoms. The Morgan fingerprint density at radius 2 is 2.00 bits per heavy atom. The molecule has 0 saturated carbocycles. The smallest absolute Gasteiger partial charge is 0.253 e. The van der Waals surface area contributed by atoms with E-state index in [9.17, 15) is 14.4 Å². The highest BCUT2D eigenvalue weighted by atomic mass is 35.5. The first-order valence-corrected chi connectivity index (χ1v) is 7.69. The van der Waals surface area contributed by atoms with Gasteiger partial charge in [-0.25, -0.2) is 0 Å². The van der Waals surface area contributed by atoms with E-state index in [1.807, 2.05) is 0 Å². The van der Waals surface area contributed by atoms with Crippen molar-refractivity contribution in [3.63, 3.8) is 0 Å². The number of aromatic nitrogens is 1. The van der Waals surface area contributed by atoms with Gasteiger partial charge in [-0.05, 0) is 12.5 Å². The van der Waals surface area contributed by atoms with Gasteiger partial charge in [0.2, 0.25) is 11.8 Å². The maximum absolute atomic E-state index is 12.3. The van der Waals surface area contributed by atoms with Crippen molar-refractivity contribution in [3.05, 3.63) is 24.0 Å². The molecular formula is C15H20ClN5O3. The fourth-order valence-corrected chi connectivity index (χ4v) is 2.72. The average Bonchev–Trinajstić information content (AvgIpc) is 2.58. The van der Waals surface area contributed by atoms with Crippen LogP contribution in [0.25, 0.3) is 0 Å². The molecule has 3 amide bonds. The highest BCUT2D eigenvalue weighted by molar-refractivity contribution is 6.03. The molecule has 0 bridgehead atoms. The zero-order valence-electron chi connectivity index (χ0n) is 13.1. The standard InChI is InChI=1S/C15H19N5O3.ClH/c21-13-2-1-12(15(23)19-13)18-14(22)10-7-11(9-17-8-10)20-5-3-16-4-6-20;/h7-9,12,16H,1-6H2,(H,18,22)(H,19,21,23);1H. The molecule has 2 saturated heterocycles. The Bertz CT molecular complexity index is 633. The fourth-order valence-electron chi connectivity index (χ4n) is 2.72. The van der Waals surface area contributed by atoms with Crippen molar-refractivity contribution in [2.45, 2.75) is 18.9 Å². The van der Waals surface area contributed by atoms with Crippen LogP contribution in [0, 0.1) is 0 Å². The Morgan fingerprint density at radius 1 is 1.25 bits per heavy atom. The number of rotatable bonds is 3. The van der Waals surface area contributed by atoms with E-state index in [1.54, 1.807) is 12.3 Å². The third-order valence-electron chi connectivity index (χ3n) is 4.01. The van der Waals surface area contributed by atoms with Gasteiger partial charge in [0.25, 0.3) is 5.91 Å². The summed E-state index contributed by atoms with van der Waals surface area (Å²) in [5, 5.41) is 8.16. The molecule has 9 heteroatoms. The van der Waals surface area contributed by atoms with E-state index in [1.165, 1.54) is 6.20 Å². The zero-order chi connectivity index (χ0) is 16.2. The summed E-state index contributed by atoms with van der Waals surface area (Å²) >= 11 is 0. The summed E-state index contributed by atoms with van der Waals surface area (Å²) in [5.74, 6) is -1.12. The monoisotopic (exact) mass is 353 g/mol. The van der Waals surface area contributed by atoms with Gasteiger partial charge in [0.1, 0.15) is 6.04 Å². The molecule has 0 aromatic carbocycles. The van der Waals surface area contributed by atoms with Gasteiger partial charge in [-0.15, -0.1) is 12.4 Å². The molecule has 0 spiro atoms. The van der Waals surface area contributed by atoms with E-state index in [0.717, 1.165) is 31.9 Å². The lowest BCUT2D eigenvalue weighted by atomic mass is 10.1. The number of pyridine rings is 1. The molecule has 3 N–H and O–H groups in total. The second-order valence-corrected chi connectivity index (χ2v) is 5.65. The van der Waals surface area contributed by atoms with Crippen molar-refractivity contribution in [1.29, 1.82) is 0 Å². The maximum atomic E-state index is 12.3. The van der Waals surface area contributed by atoms with Crippen LogP contribution in [0.3, 0.4) is 0 Å². The summed E-state index contributed by atoms with van der Waals surface area (Å²) in [6.07, 6.45) is 3.76. The molecule has 130 valence electrons. The van der Waals surface area contributed by atoms with E-state index in [0.29, 0.717) is 12.0 Å². The van der Waals surface area contributed by atoms with Gasteiger partial charge in [-0.3, -0.25) is 24.7 Å². The second-order valence-electron chi connectivity index (χ2n) is 5.65. The number of amides is 3. The molecule has 1 unspecified atom stereocenters. The number of hydrogen-bond acceptors (Lipinski definition) is 6. The number of anilines is 1.